The molecule has 2 aliphatic rings. The summed E-state index contributed by atoms with van der Waals surface area (Å²) in [6, 6.07) is 0. The van der Waals surface area contributed by atoms with E-state index in [2.05, 4.69) is 23.6 Å². The molecule has 2 rings (SSSR count). The molecule has 2 heteroatoms. The van der Waals surface area contributed by atoms with Crippen LogP contribution in [0.3, 0.4) is 0 Å². The number of allylic oxidation sites excluding steroid dienone is 1. The van der Waals surface area contributed by atoms with Gasteiger partial charge in [0, 0.05) is 12.2 Å². The van der Waals surface area contributed by atoms with E-state index in [-0.39, 0.29) is 0 Å². The van der Waals surface area contributed by atoms with Gasteiger partial charge in [0.2, 0.25) is 0 Å². The quantitative estimate of drug-likeness (QED) is 0.560. The minimum atomic E-state index is 0.574. The minimum absolute atomic E-state index is 0.574. The zero-order valence-corrected chi connectivity index (χ0v) is 6.35. The van der Waals surface area contributed by atoms with Crippen molar-refractivity contribution in [3.63, 3.8) is 0 Å². The summed E-state index contributed by atoms with van der Waals surface area (Å²) >= 11 is 0. The van der Waals surface area contributed by atoms with Crippen LogP contribution in [0.1, 0.15) is 19.8 Å². The van der Waals surface area contributed by atoms with E-state index in [1.807, 2.05) is 0 Å². The van der Waals surface area contributed by atoms with Gasteiger partial charge in [0.1, 0.15) is 0 Å². The largest absolute Gasteiger partial charge is 0.373 e. The van der Waals surface area contributed by atoms with E-state index in [1.165, 1.54) is 18.5 Å². The zero-order chi connectivity index (χ0) is 6.97. The average molecular weight is 138 g/mol. The first-order valence-corrected chi connectivity index (χ1v) is 4.03. The maximum absolute atomic E-state index is 3.43. The molecule has 1 atom stereocenters. The first-order chi connectivity index (χ1) is 4.86. The highest BCUT2D eigenvalue weighted by atomic mass is 15.2. The maximum Gasteiger partial charge on any atom is 0.0796 e. The molecule has 0 spiro atoms. The van der Waals surface area contributed by atoms with Gasteiger partial charge in [0.15, 0.2) is 0 Å². The highest BCUT2D eigenvalue weighted by molar-refractivity contribution is 5.05. The molecule has 1 heterocycles. The van der Waals surface area contributed by atoms with Gasteiger partial charge in [-0.2, -0.15) is 0 Å². The Bertz CT molecular complexity index is 159. The molecule has 1 aliphatic carbocycles. The fourth-order valence-corrected chi connectivity index (χ4v) is 1.41. The Hall–Kier alpha value is -0.500. The first kappa shape index (κ1) is 6.23. The Morgan fingerprint density at radius 1 is 1.50 bits per heavy atom. The van der Waals surface area contributed by atoms with Crippen LogP contribution in [0.4, 0.5) is 0 Å². The van der Waals surface area contributed by atoms with Crippen LogP contribution >= 0.6 is 0 Å². The smallest absolute Gasteiger partial charge is 0.0796 e. The van der Waals surface area contributed by atoms with Crippen molar-refractivity contribution < 1.29 is 0 Å². The molecule has 10 heavy (non-hydrogen) atoms. The topological polar surface area (TPSA) is 24.1 Å². The summed E-state index contributed by atoms with van der Waals surface area (Å²) in [4.78, 5) is 0. The second-order valence-electron chi connectivity index (χ2n) is 3.25. The van der Waals surface area contributed by atoms with Crippen LogP contribution in [0.5, 0.6) is 0 Å². The highest BCUT2D eigenvalue weighted by Crippen LogP contribution is 2.32. The van der Waals surface area contributed by atoms with Crippen LogP contribution in [0.2, 0.25) is 0 Å². The molecule has 1 unspecified atom stereocenters. The highest BCUT2D eigenvalue weighted by Gasteiger charge is 2.31. The Balaban J connectivity index is 1.94. The van der Waals surface area contributed by atoms with Crippen molar-refractivity contribution in [3.05, 3.63) is 11.8 Å². The Morgan fingerprint density at radius 2 is 2.30 bits per heavy atom. The van der Waals surface area contributed by atoms with Crippen LogP contribution in [0.25, 0.3) is 0 Å². The van der Waals surface area contributed by atoms with Gasteiger partial charge in [0.05, 0.1) is 6.17 Å². The summed E-state index contributed by atoms with van der Waals surface area (Å²) in [5, 5.41) is 6.85. The van der Waals surface area contributed by atoms with Crippen LogP contribution in [-0.4, -0.2) is 12.7 Å². The summed E-state index contributed by atoms with van der Waals surface area (Å²) in [5.41, 5.74) is 1.33. The van der Waals surface area contributed by atoms with Gasteiger partial charge in [-0.1, -0.05) is 6.08 Å². The van der Waals surface area contributed by atoms with Crippen molar-refractivity contribution in [2.24, 2.45) is 5.92 Å². The summed E-state index contributed by atoms with van der Waals surface area (Å²) in [6.45, 7) is 3.18. The molecule has 2 N–H and O–H groups in total. The summed E-state index contributed by atoms with van der Waals surface area (Å²) in [6.07, 6.45) is 5.57. The molecule has 0 aromatic heterocycles. The van der Waals surface area contributed by atoms with Gasteiger partial charge in [-0.25, -0.2) is 0 Å². The number of hydrogen-bond donors (Lipinski definition) is 2. The van der Waals surface area contributed by atoms with Crippen molar-refractivity contribution in [1.82, 2.24) is 10.6 Å². The molecule has 0 radical (unpaired) electrons. The lowest BCUT2D eigenvalue weighted by Gasteiger charge is -2.24. The van der Waals surface area contributed by atoms with Crippen molar-refractivity contribution in [3.8, 4) is 0 Å². The lowest BCUT2D eigenvalue weighted by atomic mass is 10.2. The third-order valence-electron chi connectivity index (χ3n) is 2.22. The fraction of sp³-hybridized carbons (Fsp3) is 0.750. The lowest BCUT2D eigenvalue weighted by molar-refractivity contribution is 0.413. The van der Waals surface area contributed by atoms with E-state index < -0.39 is 0 Å². The van der Waals surface area contributed by atoms with Crippen LogP contribution in [-0.2, 0) is 0 Å². The molecule has 0 aromatic rings. The Kier molecular flexibility index (Phi) is 1.42. The van der Waals surface area contributed by atoms with Crippen LogP contribution in [0.15, 0.2) is 11.8 Å². The predicted molar refractivity (Wildman–Crippen MR) is 41.4 cm³/mol. The summed E-state index contributed by atoms with van der Waals surface area (Å²) in [5.74, 6) is 0.906. The molecule has 0 bridgehead atoms. The average Bonchev–Trinajstić information content (AvgIpc) is 2.68. The number of hydrogen-bond acceptors (Lipinski definition) is 2. The van der Waals surface area contributed by atoms with E-state index in [9.17, 15) is 0 Å². The molecule has 0 saturated heterocycles. The fourth-order valence-electron chi connectivity index (χ4n) is 1.41. The third-order valence-corrected chi connectivity index (χ3v) is 2.22. The number of nitrogens with one attached hydrogen (secondary N) is 2. The lowest BCUT2D eigenvalue weighted by Crippen LogP contribution is -2.46. The van der Waals surface area contributed by atoms with E-state index >= 15 is 0 Å². The molecule has 56 valence electrons. The predicted octanol–water partition coefficient (Wildman–Crippen LogP) is 0.819. The zero-order valence-electron chi connectivity index (χ0n) is 6.35. The van der Waals surface area contributed by atoms with Crippen LogP contribution in [0, 0.1) is 5.92 Å². The minimum Gasteiger partial charge on any atom is -0.373 e. The first-order valence-electron chi connectivity index (χ1n) is 4.03. The van der Waals surface area contributed by atoms with Gasteiger partial charge in [-0.05, 0) is 25.7 Å². The second kappa shape index (κ2) is 2.27. The second-order valence-corrected chi connectivity index (χ2v) is 3.25. The molecule has 2 nitrogen and oxygen atoms in total. The molecule has 0 amide bonds. The van der Waals surface area contributed by atoms with Gasteiger partial charge >= 0.3 is 0 Å². The van der Waals surface area contributed by atoms with Crippen molar-refractivity contribution in [2.45, 2.75) is 25.9 Å². The normalized spacial score (nSPS) is 32.9. The van der Waals surface area contributed by atoms with E-state index in [4.69, 9.17) is 0 Å². The van der Waals surface area contributed by atoms with E-state index in [1.54, 1.807) is 0 Å². The molecular weight excluding hydrogens is 124 g/mol. The van der Waals surface area contributed by atoms with E-state index in [0.29, 0.717) is 6.17 Å². The Labute approximate surface area is 61.7 Å². The molecular formula is C8H14N2. The van der Waals surface area contributed by atoms with Crippen molar-refractivity contribution >= 4 is 0 Å². The van der Waals surface area contributed by atoms with Gasteiger partial charge in [-0.3, -0.25) is 5.32 Å². The monoisotopic (exact) mass is 138 g/mol. The Morgan fingerprint density at radius 3 is 2.90 bits per heavy atom. The summed E-state index contributed by atoms with van der Waals surface area (Å²) < 4.78 is 0. The van der Waals surface area contributed by atoms with Crippen molar-refractivity contribution in [2.75, 3.05) is 6.54 Å². The SMILES string of the molecule is CC1=CCNC(C2CC2)N1. The van der Waals surface area contributed by atoms with Crippen LogP contribution < -0.4 is 10.6 Å². The molecule has 1 fully saturated rings. The maximum atomic E-state index is 3.43. The van der Waals surface area contributed by atoms with Gasteiger partial charge < -0.3 is 5.32 Å². The van der Waals surface area contributed by atoms with Crippen molar-refractivity contribution in [1.29, 1.82) is 0 Å². The molecule has 1 saturated carbocycles. The third kappa shape index (κ3) is 1.16. The van der Waals surface area contributed by atoms with E-state index in [0.717, 1.165) is 12.5 Å². The van der Waals surface area contributed by atoms with Gasteiger partial charge in [0.25, 0.3) is 0 Å². The number of rotatable bonds is 1. The molecule has 0 aromatic carbocycles. The molecule has 1 aliphatic heterocycles. The standard InChI is InChI=1S/C8H14N2/c1-6-4-5-9-8(10-6)7-2-3-7/h4,7-10H,2-3,5H2,1H3. The summed E-state index contributed by atoms with van der Waals surface area (Å²) in [7, 11) is 0. The van der Waals surface area contributed by atoms with Gasteiger partial charge in [-0.15, -0.1) is 0 Å².